The molecular formula is C10H17NO3. The van der Waals surface area contributed by atoms with E-state index in [1.54, 1.807) is 6.92 Å². The van der Waals surface area contributed by atoms with Crippen LogP contribution >= 0.6 is 0 Å². The van der Waals surface area contributed by atoms with Gasteiger partial charge >= 0.3 is 5.97 Å². The summed E-state index contributed by atoms with van der Waals surface area (Å²) in [6.07, 6.45) is 1.90. The Morgan fingerprint density at radius 2 is 2.29 bits per heavy atom. The minimum Gasteiger partial charge on any atom is -0.443 e. The lowest BCUT2D eigenvalue weighted by atomic mass is 10.3. The molecule has 0 bridgehead atoms. The van der Waals surface area contributed by atoms with E-state index in [1.165, 1.54) is 0 Å². The maximum Gasteiger partial charge on any atom is 0.334 e. The van der Waals surface area contributed by atoms with Crippen LogP contribution in [0.15, 0.2) is 12.2 Å². The summed E-state index contributed by atoms with van der Waals surface area (Å²) in [5.74, 6) is -0.429. The van der Waals surface area contributed by atoms with Crippen molar-refractivity contribution in [3.63, 3.8) is 0 Å². The first-order valence-electron chi connectivity index (χ1n) is 4.65. The monoisotopic (exact) mass is 199 g/mol. The molecule has 0 heterocycles. The van der Waals surface area contributed by atoms with E-state index in [9.17, 15) is 9.59 Å². The van der Waals surface area contributed by atoms with Gasteiger partial charge in [-0.05, 0) is 13.3 Å². The average Bonchev–Trinajstić information content (AvgIpc) is 2.14. The van der Waals surface area contributed by atoms with Gasteiger partial charge in [0.15, 0.2) is 6.23 Å². The van der Waals surface area contributed by atoms with Crippen LogP contribution in [-0.4, -0.2) is 25.0 Å². The molecule has 0 aliphatic carbocycles. The summed E-state index contributed by atoms with van der Waals surface area (Å²) in [5, 5.41) is 2.80. The number of nitrogens with one attached hydrogen (secondary N) is 1. The normalized spacial score (nSPS) is 11.9. The van der Waals surface area contributed by atoms with Crippen molar-refractivity contribution < 1.29 is 14.3 Å². The fourth-order valence-corrected chi connectivity index (χ4v) is 0.874. The summed E-state index contributed by atoms with van der Waals surface area (Å²) in [5.41, 5.74) is 0.360. The third-order valence-corrected chi connectivity index (χ3v) is 1.58. The molecule has 1 atom stereocenters. The van der Waals surface area contributed by atoms with Crippen LogP contribution in [0.5, 0.6) is 0 Å². The van der Waals surface area contributed by atoms with Crippen LogP contribution in [0.2, 0.25) is 0 Å². The minimum absolute atomic E-state index is 0.189. The quantitative estimate of drug-likeness (QED) is 0.288. The Balaban J connectivity index is 4.00. The second-order valence-electron chi connectivity index (χ2n) is 3.04. The van der Waals surface area contributed by atoms with Crippen molar-refractivity contribution in [1.29, 1.82) is 0 Å². The van der Waals surface area contributed by atoms with Gasteiger partial charge in [0.2, 0.25) is 0 Å². The van der Waals surface area contributed by atoms with Gasteiger partial charge in [0.05, 0.1) is 6.54 Å². The molecule has 0 fully saturated rings. The zero-order chi connectivity index (χ0) is 11.0. The van der Waals surface area contributed by atoms with Crippen molar-refractivity contribution in [3.05, 3.63) is 12.2 Å². The molecule has 0 rings (SSSR count). The molecule has 4 heteroatoms. The number of carbonyl (C=O) groups is 2. The highest BCUT2D eigenvalue weighted by atomic mass is 16.6. The molecule has 0 aliphatic heterocycles. The molecule has 0 saturated carbocycles. The van der Waals surface area contributed by atoms with Crippen LogP contribution in [0.3, 0.4) is 0 Å². The van der Waals surface area contributed by atoms with E-state index in [2.05, 4.69) is 11.9 Å². The smallest absolute Gasteiger partial charge is 0.334 e. The zero-order valence-electron chi connectivity index (χ0n) is 8.71. The molecule has 0 saturated heterocycles. The second-order valence-corrected chi connectivity index (χ2v) is 3.04. The van der Waals surface area contributed by atoms with Crippen LogP contribution in [-0.2, 0) is 14.3 Å². The molecular weight excluding hydrogens is 182 g/mol. The van der Waals surface area contributed by atoms with Gasteiger partial charge < -0.3 is 9.53 Å². The van der Waals surface area contributed by atoms with Crippen LogP contribution in [0.1, 0.15) is 26.7 Å². The van der Waals surface area contributed by atoms with Gasteiger partial charge in [-0.2, -0.15) is 0 Å². The topological polar surface area (TPSA) is 55.4 Å². The van der Waals surface area contributed by atoms with E-state index >= 15 is 0 Å². The maximum absolute atomic E-state index is 11.1. The van der Waals surface area contributed by atoms with Crippen LogP contribution < -0.4 is 5.32 Å². The third kappa shape index (κ3) is 5.48. The number of rotatable bonds is 7. The van der Waals surface area contributed by atoms with Gasteiger partial charge in [0, 0.05) is 5.57 Å². The Kier molecular flexibility index (Phi) is 6.66. The summed E-state index contributed by atoms with van der Waals surface area (Å²) < 4.78 is 5.05. The van der Waals surface area contributed by atoms with Crippen LogP contribution in [0.25, 0.3) is 0 Å². The number of esters is 1. The van der Waals surface area contributed by atoms with E-state index in [0.29, 0.717) is 12.0 Å². The highest BCUT2D eigenvalue weighted by Crippen LogP contribution is 2.02. The van der Waals surface area contributed by atoms with Crippen molar-refractivity contribution in [1.82, 2.24) is 5.32 Å². The molecule has 0 aliphatic rings. The fourth-order valence-electron chi connectivity index (χ4n) is 0.874. The largest absolute Gasteiger partial charge is 0.443 e. The zero-order valence-corrected chi connectivity index (χ0v) is 8.71. The van der Waals surface area contributed by atoms with Gasteiger partial charge in [-0.15, -0.1) is 0 Å². The van der Waals surface area contributed by atoms with Gasteiger partial charge in [-0.3, -0.25) is 5.32 Å². The molecule has 0 aromatic heterocycles. The molecule has 0 aromatic rings. The lowest BCUT2D eigenvalue weighted by Gasteiger charge is -2.17. The van der Waals surface area contributed by atoms with Crippen molar-refractivity contribution in [3.8, 4) is 0 Å². The Morgan fingerprint density at radius 3 is 2.71 bits per heavy atom. The molecule has 0 radical (unpaired) electrons. The summed E-state index contributed by atoms with van der Waals surface area (Å²) >= 11 is 0. The molecule has 80 valence electrons. The summed E-state index contributed by atoms with van der Waals surface area (Å²) in [4.78, 5) is 21.3. The Morgan fingerprint density at radius 1 is 1.64 bits per heavy atom. The highest BCUT2D eigenvalue weighted by molar-refractivity contribution is 5.87. The number of hydrogen-bond acceptors (Lipinski definition) is 4. The summed E-state index contributed by atoms with van der Waals surface area (Å²) in [6.45, 7) is 7.23. The number of ether oxygens (including phenoxy) is 1. The van der Waals surface area contributed by atoms with Gasteiger partial charge in [-0.1, -0.05) is 19.9 Å². The first-order chi connectivity index (χ1) is 6.61. The number of hydrogen-bond donors (Lipinski definition) is 1. The molecule has 14 heavy (non-hydrogen) atoms. The highest BCUT2D eigenvalue weighted by Gasteiger charge is 2.12. The van der Waals surface area contributed by atoms with E-state index in [1.807, 2.05) is 6.92 Å². The van der Waals surface area contributed by atoms with E-state index in [-0.39, 0.29) is 6.54 Å². The van der Waals surface area contributed by atoms with Crippen LogP contribution in [0.4, 0.5) is 0 Å². The first-order valence-corrected chi connectivity index (χ1v) is 4.65. The predicted molar refractivity (Wildman–Crippen MR) is 53.7 cm³/mol. The third-order valence-electron chi connectivity index (χ3n) is 1.58. The van der Waals surface area contributed by atoms with Crippen molar-refractivity contribution in [2.24, 2.45) is 0 Å². The molecule has 4 nitrogen and oxygen atoms in total. The fraction of sp³-hybridized carbons (Fsp3) is 0.600. The molecule has 1 N–H and O–H groups in total. The average molecular weight is 199 g/mol. The number of aldehydes is 1. The lowest BCUT2D eigenvalue weighted by molar-refractivity contribution is -0.146. The standard InChI is InChI=1S/C10H17NO3/c1-4-5-9(11-6-7-12)14-10(13)8(2)3/h7,9,11H,2,4-6H2,1,3H3. The molecule has 0 aromatic carbocycles. The SMILES string of the molecule is C=C(C)C(=O)OC(CCC)NCC=O. The molecule has 0 spiro atoms. The van der Waals surface area contributed by atoms with Crippen molar-refractivity contribution >= 4 is 12.3 Å². The lowest BCUT2D eigenvalue weighted by Crippen LogP contribution is -2.35. The maximum atomic E-state index is 11.1. The number of carbonyl (C=O) groups excluding carboxylic acids is 2. The molecule has 0 amide bonds. The predicted octanol–water partition coefficient (Wildman–Crippen LogP) is 1.02. The van der Waals surface area contributed by atoms with Crippen LogP contribution in [0, 0.1) is 0 Å². The van der Waals surface area contributed by atoms with E-state index in [4.69, 9.17) is 4.74 Å². The summed E-state index contributed by atoms with van der Waals surface area (Å²) in [7, 11) is 0. The Hall–Kier alpha value is -1.16. The van der Waals surface area contributed by atoms with Crippen molar-refractivity contribution in [2.75, 3.05) is 6.54 Å². The molecule has 1 unspecified atom stereocenters. The summed E-state index contributed by atoms with van der Waals surface area (Å²) in [6, 6.07) is 0. The Labute approximate surface area is 84.3 Å². The second kappa shape index (κ2) is 7.26. The van der Waals surface area contributed by atoms with Gasteiger partial charge in [0.25, 0.3) is 0 Å². The Bertz CT molecular complexity index is 213. The van der Waals surface area contributed by atoms with E-state index < -0.39 is 12.2 Å². The van der Waals surface area contributed by atoms with E-state index in [0.717, 1.165) is 12.7 Å². The minimum atomic E-state index is -0.429. The van der Waals surface area contributed by atoms with Crippen molar-refractivity contribution in [2.45, 2.75) is 32.9 Å². The first kappa shape index (κ1) is 12.8. The van der Waals surface area contributed by atoms with Gasteiger partial charge in [-0.25, -0.2) is 4.79 Å². The van der Waals surface area contributed by atoms with Gasteiger partial charge in [0.1, 0.15) is 6.29 Å².